The van der Waals surface area contributed by atoms with Gasteiger partial charge in [0.1, 0.15) is 18.1 Å². The molecule has 0 spiro atoms. The van der Waals surface area contributed by atoms with E-state index in [-0.39, 0.29) is 24.2 Å². The molecular formula is C18H28N2O4. The molecule has 1 saturated heterocycles. The first-order chi connectivity index (χ1) is 11.7. The molecule has 2 amide bonds. The van der Waals surface area contributed by atoms with Crippen molar-refractivity contribution in [2.75, 3.05) is 20.8 Å². The highest BCUT2D eigenvalue weighted by atomic mass is 16.5. The second kappa shape index (κ2) is 8.03. The van der Waals surface area contributed by atoms with Gasteiger partial charge in [-0.15, -0.1) is 0 Å². The monoisotopic (exact) mass is 336 g/mol. The molecule has 134 valence electrons. The highest BCUT2D eigenvalue weighted by molar-refractivity contribution is 5.75. The van der Waals surface area contributed by atoms with Crippen molar-refractivity contribution in [1.82, 2.24) is 10.2 Å². The zero-order valence-corrected chi connectivity index (χ0v) is 14.6. The van der Waals surface area contributed by atoms with E-state index >= 15 is 0 Å². The summed E-state index contributed by atoms with van der Waals surface area (Å²) in [6.07, 6.45) is 6.38. The third-order valence-electron chi connectivity index (χ3n) is 5.13. The number of furan rings is 1. The van der Waals surface area contributed by atoms with Crippen LogP contribution in [0.5, 0.6) is 0 Å². The SMILES string of the molecule is COCc1ccc([C@@H]2CCCN2C(=O)N[C@H]2CCCC[C@H]2OC)o1. The number of carbonyl (C=O) groups is 1. The van der Waals surface area contributed by atoms with E-state index in [1.807, 2.05) is 17.0 Å². The molecule has 0 aromatic carbocycles. The number of nitrogens with one attached hydrogen (secondary N) is 1. The van der Waals surface area contributed by atoms with Gasteiger partial charge in [-0.2, -0.15) is 0 Å². The third kappa shape index (κ3) is 3.75. The van der Waals surface area contributed by atoms with Crippen molar-refractivity contribution in [3.63, 3.8) is 0 Å². The van der Waals surface area contributed by atoms with E-state index in [0.717, 1.165) is 50.2 Å². The van der Waals surface area contributed by atoms with E-state index < -0.39 is 0 Å². The van der Waals surface area contributed by atoms with Crippen LogP contribution in [0.3, 0.4) is 0 Å². The van der Waals surface area contributed by atoms with Crippen LogP contribution in [0.2, 0.25) is 0 Å². The van der Waals surface area contributed by atoms with Crippen molar-refractivity contribution >= 4 is 6.03 Å². The number of methoxy groups -OCH3 is 2. The van der Waals surface area contributed by atoms with Crippen LogP contribution < -0.4 is 5.32 Å². The summed E-state index contributed by atoms with van der Waals surface area (Å²) in [4.78, 5) is 14.7. The fourth-order valence-corrected chi connectivity index (χ4v) is 3.88. The van der Waals surface area contributed by atoms with E-state index in [0.29, 0.717) is 6.61 Å². The molecule has 1 aromatic heterocycles. The smallest absolute Gasteiger partial charge is 0.318 e. The van der Waals surface area contributed by atoms with Crippen molar-refractivity contribution in [3.05, 3.63) is 23.7 Å². The summed E-state index contributed by atoms with van der Waals surface area (Å²) in [5.74, 6) is 1.65. The lowest BCUT2D eigenvalue weighted by atomic mass is 9.92. The minimum atomic E-state index is -0.00357. The Morgan fingerprint density at radius 2 is 2.08 bits per heavy atom. The van der Waals surface area contributed by atoms with Gasteiger partial charge in [0.2, 0.25) is 0 Å². The van der Waals surface area contributed by atoms with Crippen LogP contribution in [0, 0.1) is 0 Å². The Labute approximate surface area is 143 Å². The molecule has 6 heteroatoms. The lowest BCUT2D eigenvalue weighted by molar-refractivity contribution is 0.0426. The molecule has 1 aliphatic carbocycles. The summed E-state index contributed by atoms with van der Waals surface area (Å²) < 4.78 is 16.5. The average molecular weight is 336 g/mol. The first-order valence-electron chi connectivity index (χ1n) is 8.90. The van der Waals surface area contributed by atoms with Crippen LogP contribution in [-0.4, -0.2) is 43.8 Å². The summed E-state index contributed by atoms with van der Waals surface area (Å²) in [7, 11) is 3.38. The van der Waals surface area contributed by atoms with Crippen molar-refractivity contribution < 1.29 is 18.7 Å². The van der Waals surface area contributed by atoms with Crippen molar-refractivity contribution in [3.8, 4) is 0 Å². The summed E-state index contributed by atoms with van der Waals surface area (Å²) >= 11 is 0. The highest BCUT2D eigenvalue weighted by Gasteiger charge is 2.35. The lowest BCUT2D eigenvalue weighted by Gasteiger charge is -2.33. The molecule has 0 unspecified atom stereocenters. The van der Waals surface area contributed by atoms with Gasteiger partial charge in [0.05, 0.1) is 18.2 Å². The maximum atomic E-state index is 12.8. The average Bonchev–Trinajstić information content (AvgIpc) is 3.24. The van der Waals surface area contributed by atoms with Gasteiger partial charge in [-0.05, 0) is 37.8 Å². The molecule has 0 radical (unpaired) electrons. The minimum Gasteiger partial charge on any atom is -0.461 e. The third-order valence-corrected chi connectivity index (χ3v) is 5.13. The standard InChI is InChI=1S/C18H28N2O4/c1-22-12-13-9-10-17(24-13)15-7-5-11-20(15)18(21)19-14-6-3-4-8-16(14)23-2/h9-10,14-16H,3-8,11-12H2,1-2H3,(H,19,21)/t14-,15-,16+/m0/s1. The van der Waals surface area contributed by atoms with Crippen molar-refractivity contribution in [2.45, 2.75) is 63.3 Å². The second-order valence-corrected chi connectivity index (χ2v) is 6.70. The molecular weight excluding hydrogens is 308 g/mol. The molecule has 1 saturated carbocycles. The zero-order valence-electron chi connectivity index (χ0n) is 14.6. The number of hydrogen-bond acceptors (Lipinski definition) is 4. The number of nitrogens with zero attached hydrogens (tertiary/aromatic N) is 1. The number of ether oxygens (including phenoxy) is 2. The van der Waals surface area contributed by atoms with Gasteiger partial charge in [-0.25, -0.2) is 4.79 Å². The maximum absolute atomic E-state index is 12.8. The molecule has 3 atom stereocenters. The Balaban J connectivity index is 1.64. The molecule has 24 heavy (non-hydrogen) atoms. The summed E-state index contributed by atoms with van der Waals surface area (Å²) in [5.41, 5.74) is 0. The molecule has 1 aromatic rings. The van der Waals surface area contributed by atoms with Crippen LogP contribution in [0.4, 0.5) is 4.79 Å². The summed E-state index contributed by atoms with van der Waals surface area (Å²) in [5, 5.41) is 3.19. The van der Waals surface area contributed by atoms with Gasteiger partial charge in [0.15, 0.2) is 0 Å². The van der Waals surface area contributed by atoms with Crippen LogP contribution in [0.25, 0.3) is 0 Å². The Morgan fingerprint density at radius 1 is 1.25 bits per heavy atom. The van der Waals surface area contributed by atoms with E-state index in [1.54, 1.807) is 14.2 Å². The fraction of sp³-hybridized carbons (Fsp3) is 0.722. The number of hydrogen-bond donors (Lipinski definition) is 1. The molecule has 1 aliphatic heterocycles. The predicted molar refractivity (Wildman–Crippen MR) is 89.7 cm³/mol. The van der Waals surface area contributed by atoms with Gasteiger partial charge in [0.25, 0.3) is 0 Å². The zero-order chi connectivity index (χ0) is 16.9. The number of likely N-dealkylation sites (tertiary alicyclic amines) is 1. The maximum Gasteiger partial charge on any atom is 0.318 e. The minimum absolute atomic E-state index is 0.00357. The van der Waals surface area contributed by atoms with E-state index in [1.165, 1.54) is 6.42 Å². The van der Waals surface area contributed by atoms with Crippen LogP contribution in [0.1, 0.15) is 56.1 Å². The lowest BCUT2D eigenvalue weighted by Crippen LogP contribution is -2.50. The van der Waals surface area contributed by atoms with Gasteiger partial charge in [-0.3, -0.25) is 0 Å². The van der Waals surface area contributed by atoms with Gasteiger partial charge < -0.3 is 24.1 Å². The quantitative estimate of drug-likeness (QED) is 0.896. The Kier molecular flexibility index (Phi) is 5.79. The van der Waals surface area contributed by atoms with E-state index in [9.17, 15) is 4.79 Å². The highest BCUT2D eigenvalue weighted by Crippen LogP contribution is 2.33. The first kappa shape index (κ1) is 17.3. The van der Waals surface area contributed by atoms with Crippen LogP contribution in [0.15, 0.2) is 16.5 Å². The molecule has 2 aliphatic rings. The molecule has 3 rings (SSSR count). The van der Waals surface area contributed by atoms with E-state index in [2.05, 4.69) is 5.32 Å². The Morgan fingerprint density at radius 3 is 2.88 bits per heavy atom. The van der Waals surface area contributed by atoms with Gasteiger partial charge >= 0.3 is 6.03 Å². The topological polar surface area (TPSA) is 63.9 Å². The van der Waals surface area contributed by atoms with Crippen molar-refractivity contribution in [1.29, 1.82) is 0 Å². The van der Waals surface area contributed by atoms with Gasteiger partial charge in [0, 0.05) is 20.8 Å². The Hall–Kier alpha value is -1.53. The molecule has 2 fully saturated rings. The van der Waals surface area contributed by atoms with Gasteiger partial charge in [-0.1, -0.05) is 12.8 Å². The number of amides is 2. The van der Waals surface area contributed by atoms with Crippen LogP contribution >= 0.6 is 0 Å². The summed E-state index contributed by atoms with van der Waals surface area (Å²) in [6, 6.07) is 4.01. The second-order valence-electron chi connectivity index (χ2n) is 6.70. The Bertz CT molecular complexity index is 545. The normalized spacial score (nSPS) is 27.4. The van der Waals surface area contributed by atoms with Crippen LogP contribution in [-0.2, 0) is 16.1 Å². The molecule has 0 bridgehead atoms. The van der Waals surface area contributed by atoms with E-state index in [4.69, 9.17) is 13.9 Å². The first-order valence-corrected chi connectivity index (χ1v) is 8.90. The largest absolute Gasteiger partial charge is 0.461 e. The summed E-state index contributed by atoms with van der Waals surface area (Å²) in [6.45, 7) is 1.22. The molecule has 1 N–H and O–H groups in total. The molecule has 6 nitrogen and oxygen atoms in total. The van der Waals surface area contributed by atoms with Crippen molar-refractivity contribution in [2.24, 2.45) is 0 Å². The number of urea groups is 1. The fourth-order valence-electron chi connectivity index (χ4n) is 3.88. The number of carbonyl (C=O) groups excluding carboxylic acids is 1. The number of rotatable bonds is 5. The predicted octanol–water partition coefficient (Wildman–Crippen LogP) is 3.23. The molecule has 2 heterocycles.